The van der Waals surface area contributed by atoms with E-state index in [4.69, 9.17) is 4.74 Å². The highest BCUT2D eigenvalue weighted by Crippen LogP contribution is 2.31. The van der Waals surface area contributed by atoms with E-state index in [1.54, 1.807) is 7.11 Å². The predicted octanol–water partition coefficient (Wildman–Crippen LogP) is 3.46. The third-order valence-electron chi connectivity index (χ3n) is 6.01. The molecule has 0 bridgehead atoms. The average molecular weight is 383 g/mol. The lowest BCUT2D eigenvalue weighted by molar-refractivity contribution is 0.197. The van der Waals surface area contributed by atoms with Crippen LogP contribution in [0.5, 0.6) is 5.75 Å². The topological polar surface area (TPSA) is 60.6 Å². The van der Waals surface area contributed by atoms with Crippen LogP contribution in [0.2, 0.25) is 0 Å². The lowest BCUT2D eigenvalue weighted by Gasteiger charge is -2.28. The van der Waals surface area contributed by atoms with Gasteiger partial charge < -0.3 is 19.9 Å². The molecule has 2 amide bonds. The number of aromatic amines is 1. The molecule has 0 saturated carbocycles. The van der Waals surface area contributed by atoms with Gasteiger partial charge >= 0.3 is 6.03 Å². The Kier molecular flexibility index (Phi) is 5.31. The molecule has 1 unspecified atom stereocenters. The van der Waals surface area contributed by atoms with Crippen LogP contribution in [0.25, 0.3) is 16.5 Å². The number of nitrogens with zero attached hydrogens (tertiary/aromatic N) is 2. The Morgan fingerprint density at radius 3 is 2.86 bits per heavy atom. The van der Waals surface area contributed by atoms with Gasteiger partial charge in [0, 0.05) is 60.9 Å². The smallest absolute Gasteiger partial charge is 0.317 e. The molecule has 2 aliphatic rings. The summed E-state index contributed by atoms with van der Waals surface area (Å²) in [6, 6.07) is 6.95. The molecule has 1 aromatic heterocycles. The molecule has 2 aliphatic heterocycles. The fourth-order valence-electron chi connectivity index (χ4n) is 4.23. The maximum atomic E-state index is 12.7. The van der Waals surface area contributed by atoms with Crippen molar-refractivity contribution >= 4 is 22.5 Å². The Hall–Kier alpha value is -2.47. The van der Waals surface area contributed by atoms with Crippen LogP contribution in [0, 0.1) is 0 Å². The van der Waals surface area contributed by atoms with Crippen LogP contribution in [0.3, 0.4) is 0 Å². The minimum atomic E-state index is 0.0616. The van der Waals surface area contributed by atoms with Crippen LogP contribution in [0.15, 0.2) is 30.5 Å². The summed E-state index contributed by atoms with van der Waals surface area (Å²) in [6.07, 6.45) is 6.14. The number of amides is 2. The summed E-state index contributed by atoms with van der Waals surface area (Å²) in [6.45, 7) is 7.84. The van der Waals surface area contributed by atoms with Gasteiger partial charge in [0.05, 0.1) is 7.11 Å². The van der Waals surface area contributed by atoms with Crippen molar-refractivity contribution in [1.29, 1.82) is 0 Å². The van der Waals surface area contributed by atoms with Crippen LogP contribution >= 0.6 is 0 Å². The number of urea groups is 1. The average Bonchev–Trinajstić information content (AvgIpc) is 3.34. The largest absolute Gasteiger partial charge is 0.497 e. The van der Waals surface area contributed by atoms with E-state index in [0.717, 1.165) is 43.7 Å². The van der Waals surface area contributed by atoms with Crippen LogP contribution in [-0.4, -0.2) is 66.2 Å². The molecule has 1 saturated heterocycles. The number of carbonyl (C=O) groups excluding carboxylic acids is 1. The Morgan fingerprint density at radius 1 is 1.32 bits per heavy atom. The number of aromatic nitrogens is 1. The molecule has 3 heterocycles. The molecule has 0 aliphatic carbocycles. The number of ether oxygens (including phenoxy) is 1. The number of rotatable bonds is 4. The quantitative estimate of drug-likeness (QED) is 0.851. The summed E-state index contributed by atoms with van der Waals surface area (Å²) in [4.78, 5) is 20.3. The van der Waals surface area contributed by atoms with E-state index in [1.165, 1.54) is 16.5 Å². The van der Waals surface area contributed by atoms with Gasteiger partial charge in [0.25, 0.3) is 0 Å². The molecule has 150 valence electrons. The zero-order valence-corrected chi connectivity index (χ0v) is 17.0. The molecule has 28 heavy (non-hydrogen) atoms. The van der Waals surface area contributed by atoms with E-state index in [1.807, 2.05) is 17.0 Å². The highest BCUT2D eigenvalue weighted by atomic mass is 16.5. The molecule has 0 radical (unpaired) electrons. The second-order valence-electron chi connectivity index (χ2n) is 8.06. The maximum absolute atomic E-state index is 12.7. The van der Waals surface area contributed by atoms with Gasteiger partial charge in [-0.3, -0.25) is 4.90 Å². The summed E-state index contributed by atoms with van der Waals surface area (Å²) in [5.41, 5.74) is 3.60. The van der Waals surface area contributed by atoms with Crippen molar-refractivity contribution in [2.24, 2.45) is 0 Å². The van der Waals surface area contributed by atoms with Gasteiger partial charge in [0.2, 0.25) is 0 Å². The van der Waals surface area contributed by atoms with Crippen molar-refractivity contribution in [3.05, 3.63) is 36.0 Å². The van der Waals surface area contributed by atoms with Crippen molar-refractivity contribution in [2.75, 3.05) is 33.3 Å². The maximum Gasteiger partial charge on any atom is 0.317 e. The fourth-order valence-corrected chi connectivity index (χ4v) is 4.23. The summed E-state index contributed by atoms with van der Waals surface area (Å²) >= 11 is 0. The third-order valence-corrected chi connectivity index (χ3v) is 6.01. The number of H-pyrrole nitrogens is 1. The molecule has 1 aromatic carbocycles. The van der Waals surface area contributed by atoms with Crippen LogP contribution in [0.1, 0.15) is 32.3 Å². The molecule has 4 rings (SSSR count). The van der Waals surface area contributed by atoms with Gasteiger partial charge in [-0.15, -0.1) is 0 Å². The Labute approximate surface area is 166 Å². The summed E-state index contributed by atoms with van der Waals surface area (Å²) in [5.74, 6) is 0.859. The van der Waals surface area contributed by atoms with Crippen LogP contribution in [-0.2, 0) is 0 Å². The van der Waals surface area contributed by atoms with E-state index in [-0.39, 0.29) is 12.1 Å². The number of hydrogen-bond acceptors (Lipinski definition) is 3. The molecule has 2 N–H and O–H groups in total. The molecule has 1 atom stereocenters. The normalized spacial score (nSPS) is 20.6. The van der Waals surface area contributed by atoms with E-state index in [9.17, 15) is 4.79 Å². The number of hydrogen-bond donors (Lipinski definition) is 2. The minimum absolute atomic E-state index is 0.0616. The summed E-state index contributed by atoms with van der Waals surface area (Å²) in [5, 5.41) is 4.39. The van der Waals surface area contributed by atoms with E-state index in [0.29, 0.717) is 12.6 Å². The lowest BCUT2D eigenvalue weighted by atomic mass is 9.99. The first kappa shape index (κ1) is 18.9. The lowest BCUT2D eigenvalue weighted by Crippen LogP contribution is -2.47. The first-order chi connectivity index (χ1) is 13.5. The first-order valence-electron chi connectivity index (χ1n) is 10.2. The highest BCUT2D eigenvalue weighted by molar-refractivity contribution is 5.94. The molecular weight excluding hydrogens is 352 g/mol. The standard InChI is InChI=1S/C22H30N4O2/c1-15(2)26-11-8-17(14-26)24-22(27)25-9-6-16(7-10-25)20-13-23-21-5-4-18(28-3)12-19(20)21/h4-6,12-13,15,17,23H,7-11,14H2,1-3H3,(H,24,27). The zero-order chi connectivity index (χ0) is 19.7. The number of benzene rings is 1. The molecule has 0 spiro atoms. The van der Waals surface area contributed by atoms with Gasteiger partial charge in [-0.25, -0.2) is 4.79 Å². The van der Waals surface area contributed by atoms with Crippen molar-refractivity contribution in [2.45, 2.75) is 38.8 Å². The first-order valence-corrected chi connectivity index (χ1v) is 10.2. The second kappa shape index (κ2) is 7.87. The fraction of sp³-hybridized carbons (Fsp3) is 0.500. The Balaban J connectivity index is 1.40. The van der Waals surface area contributed by atoms with Crippen LogP contribution < -0.4 is 10.1 Å². The number of methoxy groups -OCH3 is 1. The second-order valence-corrected chi connectivity index (χ2v) is 8.06. The summed E-state index contributed by atoms with van der Waals surface area (Å²) in [7, 11) is 1.69. The van der Waals surface area contributed by atoms with Gasteiger partial charge in [0.1, 0.15) is 5.75 Å². The van der Waals surface area contributed by atoms with E-state index >= 15 is 0 Å². The van der Waals surface area contributed by atoms with E-state index < -0.39 is 0 Å². The van der Waals surface area contributed by atoms with Crippen molar-refractivity contribution in [3.8, 4) is 5.75 Å². The van der Waals surface area contributed by atoms with Crippen molar-refractivity contribution in [3.63, 3.8) is 0 Å². The predicted molar refractivity (Wildman–Crippen MR) is 113 cm³/mol. The molecule has 6 nitrogen and oxygen atoms in total. The minimum Gasteiger partial charge on any atom is -0.497 e. The third kappa shape index (κ3) is 3.74. The SMILES string of the molecule is COc1ccc2[nH]cc(C3=CCN(C(=O)NC4CCN(C(C)C)C4)CC3)c2c1. The Bertz CT molecular complexity index is 886. The number of carbonyl (C=O) groups is 1. The van der Waals surface area contributed by atoms with Crippen LogP contribution in [0.4, 0.5) is 4.79 Å². The monoisotopic (exact) mass is 382 g/mol. The highest BCUT2D eigenvalue weighted by Gasteiger charge is 2.27. The van der Waals surface area contributed by atoms with Crippen molar-refractivity contribution in [1.82, 2.24) is 20.1 Å². The number of fused-ring (bicyclic) bond motifs is 1. The van der Waals surface area contributed by atoms with Gasteiger partial charge in [-0.2, -0.15) is 0 Å². The Morgan fingerprint density at radius 2 is 2.18 bits per heavy atom. The van der Waals surface area contributed by atoms with Gasteiger partial charge in [-0.05, 0) is 50.5 Å². The molecule has 6 heteroatoms. The zero-order valence-electron chi connectivity index (χ0n) is 17.0. The van der Waals surface area contributed by atoms with E-state index in [2.05, 4.69) is 47.4 Å². The van der Waals surface area contributed by atoms with Gasteiger partial charge in [-0.1, -0.05) is 6.08 Å². The number of nitrogens with one attached hydrogen (secondary N) is 2. The van der Waals surface area contributed by atoms with Gasteiger partial charge in [0.15, 0.2) is 0 Å². The number of likely N-dealkylation sites (tertiary alicyclic amines) is 1. The summed E-state index contributed by atoms with van der Waals surface area (Å²) < 4.78 is 5.37. The molecule has 2 aromatic rings. The molecule has 1 fully saturated rings. The molecular formula is C22H30N4O2. The van der Waals surface area contributed by atoms with Crippen molar-refractivity contribution < 1.29 is 9.53 Å².